The molecule has 0 aliphatic carbocycles. The first kappa shape index (κ1) is 16.3. The molecule has 3 N–H and O–H groups in total. The lowest BCUT2D eigenvalue weighted by atomic mass is 10.1. The zero-order valence-corrected chi connectivity index (χ0v) is 13.3. The summed E-state index contributed by atoms with van der Waals surface area (Å²) in [5, 5.41) is 26.5. The number of hydrogen-bond acceptors (Lipinski definition) is 6. The van der Waals surface area contributed by atoms with E-state index in [0.29, 0.717) is 22.6 Å². The van der Waals surface area contributed by atoms with Gasteiger partial charge < -0.3 is 14.7 Å². The Hall–Kier alpha value is -3.61. The van der Waals surface area contributed by atoms with Crippen molar-refractivity contribution >= 4 is 12.1 Å². The average molecular weight is 337 g/mol. The normalized spacial score (nSPS) is 10.9. The zero-order valence-electron chi connectivity index (χ0n) is 13.3. The fourth-order valence-corrected chi connectivity index (χ4v) is 2.27. The van der Waals surface area contributed by atoms with Gasteiger partial charge in [0.25, 0.3) is 5.91 Å². The molecule has 0 aliphatic rings. The molecule has 3 aromatic rings. The van der Waals surface area contributed by atoms with Crippen LogP contribution in [-0.2, 0) is 0 Å². The van der Waals surface area contributed by atoms with Crippen molar-refractivity contribution in [3.8, 4) is 22.8 Å². The van der Waals surface area contributed by atoms with Crippen molar-refractivity contribution in [3.63, 3.8) is 0 Å². The number of nitrogens with zero attached hydrogens (tertiary/aromatic N) is 2. The van der Waals surface area contributed by atoms with Crippen LogP contribution in [0.2, 0.25) is 0 Å². The summed E-state index contributed by atoms with van der Waals surface area (Å²) < 4.78 is 5.14. The van der Waals surface area contributed by atoms with E-state index >= 15 is 0 Å². The fourth-order valence-electron chi connectivity index (χ4n) is 2.27. The molecule has 1 aromatic heterocycles. The lowest BCUT2D eigenvalue weighted by Crippen LogP contribution is -2.18. The Balaban J connectivity index is 1.79. The molecule has 2 aromatic carbocycles. The number of phenolic OH excluding ortho intramolecular Hbond substituents is 2. The number of rotatable bonds is 4. The first-order valence-corrected chi connectivity index (χ1v) is 7.43. The van der Waals surface area contributed by atoms with Crippen molar-refractivity contribution in [1.29, 1.82) is 0 Å². The van der Waals surface area contributed by atoms with Crippen molar-refractivity contribution in [1.82, 2.24) is 10.6 Å². The van der Waals surface area contributed by atoms with E-state index in [9.17, 15) is 15.0 Å². The zero-order chi connectivity index (χ0) is 17.8. The lowest BCUT2D eigenvalue weighted by Gasteiger charge is -2.02. The third-order valence-corrected chi connectivity index (χ3v) is 3.52. The molecule has 0 spiro atoms. The summed E-state index contributed by atoms with van der Waals surface area (Å²) in [6, 6.07) is 13.4. The van der Waals surface area contributed by atoms with Gasteiger partial charge in [-0.25, -0.2) is 5.43 Å². The third kappa shape index (κ3) is 3.50. The van der Waals surface area contributed by atoms with Crippen LogP contribution in [0.3, 0.4) is 0 Å². The Morgan fingerprint density at radius 1 is 1.16 bits per heavy atom. The molecule has 126 valence electrons. The molecule has 0 radical (unpaired) electrons. The highest BCUT2D eigenvalue weighted by Gasteiger charge is 2.21. The summed E-state index contributed by atoms with van der Waals surface area (Å²) in [5.74, 6) is -0.573. The molecule has 0 saturated carbocycles. The number of aromatic nitrogens is 1. The lowest BCUT2D eigenvalue weighted by molar-refractivity contribution is 0.0954. The molecule has 0 bridgehead atoms. The highest BCUT2D eigenvalue weighted by atomic mass is 16.5. The molecule has 0 unspecified atom stereocenters. The van der Waals surface area contributed by atoms with E-state index in [2.05, 4.69) is 15.7 Å². The van der Waals surface area contributed by atoms with Crippen molar-refractivity contribution in [2.75, 3.05) is 0 Å². The van der Waals surface area contributed by atoms with Gasteiger partial charge in [0.05, 0.1) is 6.21 Å². The Labute approximate surface area is 143 Å². The molecule has 1 amide bonds. The number of carbonyl (C=O) groups is 1. The second kappa shape index (κ2) is 6.88. The maximum atomic E-state index is 12.4. The van der Waals surface area contributed by atoms with Crippen molar-refractivity contribution in [2.24, 2.45) is 5.10 Å². The van der Waals surface area contributed by atoms with Gasteiger partial charge in [-0.05, 0) is 30.7 Å². The van der Waals surface area contributed by atoms with Crippen LogP contribution >= 0.6 is 0 Å². The second-order valence-electron chi connectivity index (χ2n) is 5.28. The number of benzene rings is 2. The van der Waals surface area contributed by atoms with Crippen LogP contribution in [0.4, 0.5) is 0 Å². The maximum Gasteiger partial charge on any atom is 0.277 e. The largest absolute Gasteiger partial charge is 0.504 e. The van der Waals surface area contributed by atoms with Crippen molar-refractivity contribution < 1.29 is 19.5 Å². The minimum absolute atomic E-state index is 0.228. The smallest absolute Gasteiger partial charge is 0.277 e. The highest BCUT2D eigenvalue weighted by molar-refractivity contribution is 6.01. The molecule has 0 fully saturated rings. The minimum Gasteiger partial charge on any atom is -0.504 e. The van der Waals surface area contributed by atoms with E-state index in [1.807, 2.05) is 30.3 Å². The number of aromatic hydroxyl groups is 2. The molecule has 0 aliphatic heterocycles. The van der Waals surface area contributed by atoms with Gasteiger partial charge in [-0.1, -0.05) is 35.5 Å². The van der Waals surface area contributed by atoms with Crippen molar-refractivity contribution in [2.45, 2.75) is 6.92 Å². The topological polar surface area (TPSA) is 108 Å². The molecule has 7 heteroatoms. The quantitative estimate of drug-likeness (QED) is 0.385. The van der Waals surface area contributed by atoms with E-state index in [1.54, 1.807) is 13.0 Å². The predicted molar refractivity (Wildman–Crippen MR) is 91.5 cm³/mol. The molecular formula is C18H15N3O4. The number of hydrazone groups is 1. The first-order chi connectivity index (χ1) is 12.1. The van der Waals surface area contributed by atoms with E-state index in [1.165, 1.54) is 18.3 Å². The number of carbonyl (C=O) groups excluding carboxylic acids is 1. The molecule has 0 saturated heterocycles. The minimum atomic E-state index is -0.461. The van der Waals surface area contributed by atoms with Crippen LogP contribution in [0.1, 0.15) is 21.7 Å². The Morgan fingerprint density at radius 2 is 1.92 bits per heavy atom. The first-order valence-electron chi connectivity index (χ1n) is 7.43. The summed E-state index contributed by atoms with van der Waals surface area (Å²) in [4.78, 5) is 12.4. The maximum absolute atomic E-state index is 12.4. The summed E-state index contributed by atoms with van der Waals surface area (Å²) in [7, 11) is 0. The third-order valence-electron chi connectivity index (χ3n) is 3.52. The molecule has 25 heavy (non-hydrogen) atoms. The number of hydrogen-bond donors (Lipinski definition) is 3. The highest BCUT2D eigenvalue weighted by Crippen LogP contribution is 2.25. The van der Waals surface area contributed by atoms with E-state index < -0.39 is 5.91 Å². The summed E-state index contributed by atoms with van der Waals surface area (Å²) >= 11 is 0. The molecule has 1 heterocycles. The van der Waals surface area contributed by atoms with Gasteiger partial charge in [0, 0.05) is 5.56 Å². The molecule has 7 nitrogen and oxygen atoms in total. The fraction of sp³-hybridized carbons (Fsp3) is 0.0556. The second-order valence-corrected chi connectivity index (χ2v) is 5.28. The SMILES string of the molecule is Cc1onc(-c2ccccc2)c1C(=O)NN=Cc1ccc(O)c(O)c1. The standard InChI is InChI=1S/C18H15N3O4/c1-11-16(17(21-25-11)13-5-3-2-4-6-13)18(24)20-19-10-12-7-8-14(22)15(23)9-12/h2-10,22-23H,1H3,(H,20,24). The molecule has 3 rings (SSSR count). The number of nitrogens with one attached hydrogen (secondary N) is 1. The van der Waals surface area contributed by atoms with E-state index in [0.717, 1.165) is 5.56 Å². The Bertz CT molecular complexity index is 933. The molecule has 0 atom stereocenters. The van der Waals surface area contributed by atoms with Crippen LogP contribution in [0.15, 0.2) is 58.2 Å². The monoisotopic (exact) mass is 337 g/mol. The van der Waals surface area contributed by atoms with Gasteiger partial charge in [-0.2, -0.15) is 5.10 Å². The van der Waals surface area contributed by atoms with Crippen molar-refractivity contribution in [3.05, 3.63) is 65.4 Å². The van der Waals surface area contributed by atoms with Gasteiger partial charge in [0.1, 0.15) is 17.0 Å². The predicted octanol–water partition coefficient (Wildman–Crippen LogP) is 2.83. The van der Waals surface area contributed by atoms with Crippen LogP contribution in [0.5, 0.6) is 11.5 Å². The Morgan fingerprint density at radius 3 is 2.64 bits per heavy atom. The van der Waals surface area contributed by atoms with Gasteiger partial charge in [0.2, 0.25) is 0 Å². The van der Waals surface area contributed by atoms with Crippen LogP contribution in [0.25, 0.3) is 11.3 Å². The van der Waals surface area contributed by atoms with E-state index in [-0.39, 0.29) is 11.5 Å². The van der Waals surface area contributed by atoms with Gasteiger partial charge in [-0.15, -0.1) is 0 Å². The number of phenols is 2. The van der Waals surface area contributed by atoms with Gasteiger partial charge >= 0.3 is 0 Å². The number of amides is 1. The van der Waals surface area contributed by atoms with Gasteiger partial charge in [0.15, 0.2) is 11.5 Å². The van der Waals surface area contributed by atoms with E-state index in [4.69, 9.17) is 4.52 Å². The van der Waals surface area contributed by atoms with Crippen LogP contribution < -0.4 is 5.43 Å². The molecular weight excluding hydrogens is 322 g/mol. The Kier molecular flexibility index (Phi) is 4.47. The average Bonchev–Trinajstić information content (AvgIpc) is 3.00. The summed E-state index contributed by atoms with van der Waals surface area (Å²) in [5.41, 5.74) is 4.42. The summed E-state index contributed by atoms with van der Waals surface area (Å²) in [6.45, 7) is 1.65. The summed E-state index contributed by atoms with van der Waals surface area (Å²) in [6.07, 6.45) is 1.35. The van der Waals surface area contributed by atoms with Crippen LogP contribution in [-0.4, -0.2) is 27.5 Å². The van der Waals surface area contributed by atoms with Crippen LogP contribution in [0, 0.1) is 6.92 Å². The van der Waals surface area contributed by atoms with Gasteiger partial charge in [-0.3, -0.25) is 4.79 Å². The number of aryl methyl sites for hydroxylation is 1.